The van der Waals surface area contributed by atoms with E-state index in [9.17, 15) is 13.6 Å². The average molecular weight is 382 g/mol. The van der Waals surface area contributed by atoms with Crippen molar-refractivity contribution in [2.24, 2.45) is 5.92 Å². The van der Waals surface area contributed by atoms with Gasteiger partial charge in [0, 0.05) is 30.3 Å². The van der Waals surface area contributed by atoms with Gasteiger partial charge in [-0.3, -0.25) is 4.79 Å². The third kappa shape index (κ3) is 3.02. The van der Waals surface area contributed by atoms with E-state index in [-0.39, 0.29) is 16.9 Å². The quantitative estimate of drug-likeness (QED) is 0.787. The Labute approximate surface area is 163 Å². The highest BCUT2D eigenvalue weighted by Crippen LogP contribution is 2.47. The molecule has 2 aromatic rings. The Bertz CT molecular complexity index is 917. The Kier molecular flexibility index (Phi) is 4.23. The minimum absolute atomic E-state index is 0.0667. The molecule has 1 aliphatic carbocycles. The summed E-state index contributed by atoms with van der Waals surface area (Å²) in [4.78, 5) is 17.4. The molecular weight excluding hydrogens is 358 g/mol. The van der Waals surface area contributed by atoms with Crippen LogP contribution in [0.2, 0.25) is 0 Å². The van der Waals surface area contributed by atoms with Crippen LogP contribution in [0, 0.1) is 17.6 Å². The Morgan fingerprint density at radius 2 is 1.82 bits per heavy atom. The number of nitrogens with zero attached hydrogens (tertiary/aromatic N) is 2. The lowest BCUT2D eigenvalue weighted by molar-refractivity contribution is 0.0972. The molecule has 0 radical (unpaired) electrons. The summed E-state index contributed by atoms with van der Waals surface area (Å²) in [7, 11) is 0. The second-order valence-electron chi connectivity index (χ2n) is 8.56. The Balaban J connectivity index is 1.43. The van der Waals surface area contributed by atoms with E-state index in [1.807, 2.05) is 18.2 Å². The summed E-state index contributed by atoms with van der Waals surface area (Å²) in [5.74, 6) is -0.982. The van der Waals surface area contributed by atoms with Gasteiger partial charge in [-0.15, -0.1) is 0 Å². The predicted octanol–water partition coefficient (Wildman–Crippen LogP) is 4.37. The van der Waals surface area contributed by atoms with E-state index in [1.165, 1.54) is 31.0 Å². The van der Waals surface area contributed by atoms with E-state index in [4.69, 9.17) is 0 Å². The normalized spacial score (nSPS) is 21.1. The van der Waals surface area contributed by atoms with E-state index in [2.05, 4.69) is 11.0 Å². The minimum Gasteiger partial charge on any atom is -0.307 e. The van der Waals surface area contributed by atoms with Crippen molar-refractivity contribution in [2.45, 2.75) is 31.1 Å². The number of hydrogen-bond donors (Lipinski definition) is 0. The Morgan fingerprint density at radius 3 is 2.54 bits per heavy atom. The average Bonchev–Trinajstić information content (AvgIpc) is 3.46. The van der Waals surface area contributed by atoms with E-state index in [0.717, 1.165) is 49.7 Å². The maximum Gasteiger partial charge on any atom is 0.261 e. The molecule has 0 N–H and O–H groups in total. The zero-order chi connectivity index (χ0) is 19.3. The van der Waals surface area contributed by atoms with E-state index < -0.39 is 11.6 Å². The van der Waals surface area contributed by atoms with Gasteiger partial charge in [-0.25, -0.2) is 8.78 Å². The summed E-state index contributed by atoms with van der Waals surface area (Å²) in [5, 5.41) is 0. The van der Waals surface area contributed by atoms with Gasteiger partial charge in [0.25, 0.3) is 5.91 Å². The van der Waals surface area contributed by atoms with Crippen LogP contribution in [-0.2, 0) is 5.41 Å². The van der Waals surface area contributed by atoms with Crippen LogP contribution < -0.4 is 4.90 Å². The van der Waals surface area contributed by atoms with Crippen LogP contribution in [-0.4, -0.2) is 37.0 Å². The third-order valence-corrected chi connectivity index (χ3v) is 6.66. The fourth-order valence-electron chi connectivity index (χ4n) is 4.88. The zero-order valence-corrected chi connectivity index (χ0v) is 15.8. The number of likely N-dealkylation sites (tertiary alicyclic amines) is 1. The molecule has 1 spiro atoms. The number of hydrogen-bond acceptors (Lipinski definition) is 2. The standard InChI is InChI=1S/C23H24F2N2O/c24-17-7-8-18(20(25)13-17)22(28)27-15-23(19-3-1-2-4-21(19)27)9-11-26(12-10-23)14-16-5-6-16/h1-4,7-8,13,16H,5-6,9-12,14-15H2. The molecule has 146 valence electrons. The number of carbonyl (C=O) groups excluding carboxylic acids is 1. The van der Waals surface area contributed by atoms with Crippen LogP contribution in [0.4, 0.5) is 14.5 Å². The van der Waals surface area contributed by atoms with Gasteiger partial charge in [-0.05, 0) is 68.5 Å². The van der Waals surface area contributed by atoms with Gasteiger partial charge in [0.05, 0.1) is 5.56 Å². The first kappa shape index (κ1) is 17.8. The number of fused-ring (bicyclic) bond motifs is 2. The smallest absolute Gasteiger partial charge is 0.261 e. The first-order valence-electron chi connectivity index (χ1n) is 10.1. The summed E-state index contributed by atoms with van der Waals surface area (Å²) < 4.78 is 27.5. The Morgan fingerprint density at radius 1 is 1.07 bits per heavy atom. The van der Waals surface area contributed by atoms with E-state index >= 15 is 0 Å². The third-order valence-electron chi connectivity index (χ3n) is 6.66. The minimum atomic E-state index is -0.803. The van der Waals surface area contributed by atoms with Crippen molar-refractivity contribution in [1.29, 1.82) is 0 Å². The number of anilines is 1. The number of piperidine rings is 1. The van der Waals surface area contributed by atoms with Gasteiger partial charge >= 0.3 is 0 Å². The number of para-hydroxylation sites is 1. The maximum atomic E-state index is 14.2. The molecule has 28 heavy (non-hydrogen) atoms. The molecule has 1 saturated heterocycles. The second-order valence-corrected chi connectivity index (χ2v) is 8.56. The van der Waals surface area contributed by atoms with Gasteiger partial charge in [-0.1, -0.05) is 18.2 Å². The fraction of sp³-hybridized carbons (Fsp3) is 0.435. The van der Waals surface area contributed by atoms with Crippen molar-refractivity contribution < 1.29 is 13.6 Å². The zero-order valence-electron chi connectivity index (χ0n) is 15.8. The largest absolute Gasteiger partial charge is 0.307 e. The summed E-state index contributed by atoms with van der Waals surface area (Å²) >= 11 is 0. The molecule has 0 atom stereocenters. The van der Waals surface area contributed by atoms with Gasteiger partial charge in [0.15, 0.2) is 0 Å². The molecule has 1 amide bonds. The highest BCUT2D eigenvalue weighted by atomic mass is 19.1. The van der Waals surface area contributed by atoms with Crippen LogP contribution in [0.5, 0.6) is 0 Å². The number of rotatable bonds is 3. The van der Waals surface area contributed by atoms with Gasteiger partial charge < -0.3 is 9.80 Å². The first-order chi connectivity index (χ1) is 13.6. The first-order valence-corrected chi connectivity index (χ1v) is 10.1. The lowest BCUT2D eigenvalue weighted by atomic mass is 9.74. The molecule has 2 aromatic carbocycles. The topological polar surface area (TPSA) is 23.6 Å². The van der Waals surface area contributed by atoms with E-state index in [1.54, 1.807) is 4.90 Å². The molecule has 5 heteroatoms. The molecule has 0 bridgehead atoms. The number of carbonyl (C=O) groups is 1. The van der Waals surface area contributed by atoms with Crippen molar-refractivity contribution in [1.82, 2.24) is 4.90 Å². The van der Waals surface area contributed by atoms with Crippen molar-refractivity contribution in [3.8, 4) is 0 Å². The van der Waals surface area contributed by atoms with Gasteiger partial charge in [0.2, 0.25) is 0 Å². The summed E-state index contributed by atoms with van der Waals surface area (Å²) in [5.41, 5.74) is 1.92. The number of benzene rings is 2. The fourth-order valence-corrected chi connectivity index (χ4v) is 4.88. The number of halogens is 2. The maximum absolute atomic E-state index is 14.2. The molecule has 5 rings (SSSR count). The van der Waals surface area contributed by atoms with Crippen LogP contribution in [0.25, 0.3) is 0 Å². The molecule has 2 aliphatic heterocycles. The molecule has 3 aliphatic rings. The molecule has 2 heterocycles. The molecule has 0 unspecified atom stereocenters. The van der Waals surface area contributed by atoms with Crippen molar-refractivity contribution in [3.63, 3.8) is 0 Å². The molecular formula is C23H24F2N2O. The summed E-state index contributed by atoms with van der Waals surface area (Å²) in [6.07, 6.45) is 4.73. The van der Waals surface area contributed by atoms with Crippen molar-refractivity contribution >= 4 is 11.6 Å². The van der Waals surface area contributed by atoms with Crippen molar-refractivity contribution in [2.75, 3.05) is 31.1 Å². The van der Waals surface area contributed by atoms with Crippen LogP contribution in [0.3, 0.4) is 0 Å². The second kappa shape index (κ2) is 6.66. The van der Waals surface area contributed by atoms with E-state index in [0.29, 0.717) is 6.54 Å². The highest BCUT2D eigenvalue weighted by Gasteiger charge is 2.46. The lowest BCUT2D eigenvalue weighted by Crippen LogP contribution is -2.46. The lowest BCUT2D eigenvalue weighted by Gasteiger charge is -2.40. The number of amides is 1. The monoisotopic (exact) mass is 382 g/mol. The molecule has 0 aromatic heterocycles. The predicted molar refractivity (Wildman–Crippen MR) is 105 cm³/mol. The molecule has 1 saturated carbocycles. The van der Waals surface area contributed by atoms with Crippen molar-refractivity contribution in [3.05, 3.63) is 65.2 Å². The summed E-state index contributed by atoms with van der Waals surface area (Å²) in [6, 6.07) is 11.2. The van der Waals surface area contributed by atoms with Crippen LogP contribution in [0.15, 0.2) is 42.5 Å². The SMILES string of the molecule is O=C(c1ccc(F)cc1F)N1CC2(CCN(CC3CC3)CC2)c2ccccc21. The molecule has 3 nitrogen and oxygen atoms in total. The van der Waals surface area contributed by atoms with Gasteiger partial charge in [-0.2, -0.15) is 0 Å². The van der Waals surface area contributed by atoms with Crippen LogP contribution >= 0.6 is 0 Å². The molecule has 2 fully saturated rings. The van der Waals surface area contributed by atoms with Gasteiger partial charge in [0.1, 0.15) is 11.6 Å². The summed E-state index contributed by atoms with van der Waals surface area (Å²) in [6.45, 7) is 3.84. The Hall–Kier alpha value is -2.27. The highest BCUT2D eigenvalue weighted by molar-refractivity contribution is 6.08. The van der Waals surface area contributed by atoms with Crippen LogP contribution in [0.1, 0.15) is 41.6 Å².